The number of para-hydroxylation sites is 1. The molecule has 2 rings (SSSR count). The van der Waals surface area contributed by atoms with Gasteiger partial charge < -0.3 is 5.73 Å². The molecule has 2 nitrogen and oxygen atoms in total. The molecule has 2 N–H and O–H groups in total. The third kappa shape index (κ3) is 3.92. The highest BCUT2D eigenvalue weighted by Crippen LogP contribution is 2.32. The molecule has 0 radical (unpaired) electrons. The van der Waals surface area contributed by atoms with E-state index in [0.29, 0.717) is 22.0 Å². The Kier molecular flexibility index (Phi) is 6.41. The van der Waals surface area contributed by atoms with E-state index in [1.165, 1.54) is 23.9 Å². The van der Waals surface area contributed by atoms with Crippen molar-refractivity contribution >= 4 is 46.6 Å². The maximum absolute atomic E-state index is 13.8. The number of aliphatic imine (C=N–C) groups is 1. The number of benzene rings is 2. The first-order valence-electron chi connectivity index (χ1n) is 5.54. The van der Waals surface area contributed by atoms with Gasteiger partial charge >= 0.3 is 0 Å². The van der Waals surface area contributed by atoms with Gasteiger partial charge in [0.05, 0.1) is 5.69 Å². The monoisotopic (exact) mass is 406 g/mol. The summed E-state index contributed by atoms with van der Waals surface area (Å²) < 4.78 is 26.7. The molecule has 0 aliphatic carbocycles. The fourth-order valence-electron chi connectivity index (χ4n) is 1.67. The molecule has 0 heterocycles. The molecular formula is C14H13F2IN2S. The topological polar surface area (TPSA) is 38.4 Å². The van der Waals surface area contributed by atoms with Gasteiger partial charge in [-0.15, -0.1) is 24.0 Å². The summed E-state index contributed by atoms with van der Waals surface area (Å²) in [5.41, 5.74) is 7.11. The summed E-state index contributed by atoms with van der Waals surface area (Å²) in [6, 6.07) is 10.5. The largest absolute Gasteiger partial charge is 0.378 e. The summed E-state index contributed by atoms with van der Waals surface area (Å²) in [6.45, 7) is 0. The first kappa shape index (κ1) is 16.9. The summed E-state index contributed by atoms with van der Waals surface area (Å²) in [6.07, 6.45) is 1.81. The van der Waals surface area contributed by atoms with Gasteiger partial charge in [-0.25, -0.2) is 13.8 Å². The number of amidine groups is 1. The number of hydrogen-bond donors (Lipinski definition) is 1. The van der Waals surface area contributed by atoms with Gasteiger partial charge in [-0.05, 0) is 24.5 Å². The van der Waals surface area contributed by atoms with E-state index in [2.05, 4.69) is 4.99 Å². The van der Waals surface area contributed by atoms with Crippen LogP contribution in [-0.2, 0) is 0 Å². The molecule has 0 saturated carbocycles. The van der Waals surface area contributed by atoms with Crippen molar-refractivity contribution in [3.63, 3.8) is 0 Å². The number of hydrogen-bond acceptors (Lipinski definition) is 2. The molecule has 106 valence electrons. The van der Waals surface area contributed by atoms with Crippen LogP contribution in [0.3, 0.4) is 0 Å². The Balaban J connectivity index is 0.00000200. The van der Waals surface area contributed by atoms with E-state index < -0.39 is 11.6 Å². The molecule has 0 atom stereocenters. The molecule has 6 heteroatoms. The van der Waals surface area contributed by atoms with Crippen LogP contribution in [0.25, 0.3) is 11.1 Å². The second kappa shape index (κ2) is 7.58. The highest BCUT2D eigenvalue weighted by Gasteiger charge is 2.10. The van der Waals surface area contributed by atoms with Crippen molar-refractivity contribution in [3.05, 3.63) is 54.1 Å². The fraction of sp³-hybridized carbons (Fsp3) is 0.0714. The van der Waals surface area contributed by atoms with E-state index in [-0.39, 0.29) is 24.0 Å². The van der Waals surface area contributed by atoms with E-state index in [0.717, 1.165) is 6.07 Å². The second-order valence-corrected chi connectivity index (χ2v) is 4.62. The Morgan fingerprint density at radius 2 is 1.80 bits per heavy atom. The van der Waals surface area contributed by atoms with E-state index in [1.807, 2.05) is 0 Å². The third-order valence-electron chi connectivity index (χ3n) is 2.57. The van der Waals surface area contributed by atoms with Crippen molar-refractivity contribution in [2.45, 2.75) is 0 Å². The third-order valence-corrected chi connectivity index (χ3v) is 3.07. The van der Waals surface area contributed by atoms with Gasteiger partial charge in [-0.1, -0.05) is 30.0 Å². The number of thioether (sulfide) groups is 1. The van der Waals surface area contributed by atoms with Gasteiger partial charge in [0.2, 0.25) is 0 Å². The summed E-state index contributed by atoms with van der Waals surface area (Å²) >= 11 is 1.30. The lowest BCUT2D eigenvalue weighted by molar-refractivity contribution is 0.585. The predicted molar refractivity (Wildman–Crippen MR) is 92.0 cm³/mol. The van der Waals surface area contributed by atoms with Crippen molar-refractivity contribution in [1.29, 1.82) is 0 Å². The van der Waals surface area contributed by atoms with Gasteiger partial charge in [0.1, 0.15) is 11.6 Å². The Bertz CT molecular complexity index is 632. The lowest BCUT2D eigenvalue weighted by atomic mass is 10.0. The lowest BCUT2D eigenvalue weighted by Crippen LogP contribution is -2.04. The van der Waals surface area contributed by atoms with E-state index in [4.69, 9.17) is 5.73 Å². The van der Waals surface area contributed by atoms with Crippen LogP contribution in [-0.4, -0.2) is 11.4 Å². The van der Waals surface area contributed by atoms with Crippen LogP contribution in [0.4, 0.5) is 14.5 Å². The van der Waals surface area contributed by atoms with Crippen molar-refractivity contribution in [1.82, 2.24) is 0 Å². The van der Waals surface area contributed by atoms with Gasteiger partial charge in [0.15, 0.2) is 5.17 Å². The van der Waals surface area contributed by atoms with Crippen LogP contribution in [0.5, 0.6) is 0 Å². The molecule has 0 aliphatic rings. The maximum Gasteiger partial charge on any atom is 0.158 e. The number of nitrogens with two attached hydrogens (primary N) is 1. The molecule has 0 spiro atoms. The normalized spacial score (nSPS) is 11.1. The summed E-state index contributed by atoms with van der Waals surface area (Å²) in [5, 5.41) is 0.384. The highest BCUT2D eigenvalue weighted by molar-refractivity contribution is 14.0. The molecule has 0 fully saturated rings. The van der Waals surface area contributed by atoms with E-state index in [9.17, 15) is 8.78 Å². The Hall–Kier alpha value is -1.15. The quantitative estimate of drug-likeness (QED) is 0.451. The van der Waals surface area contributed by atoms with Gasteiger partial charge in [0, 0.05) is 17.2 Å². The van der Waals surface area contributed by atoms with Gasteiger partial charge in [0.25, 0.3) is 0 Å². The Labute approximate surface area is 137 Å². The number of rotatable bonds is 2. The SMILES string of the molecule is CSC(N)=Nc1ccccc1-c1ccc(F)cc1F.I. The van der Waals surface area contributed by atoms with Crippen LogP contribution in [0.1, 0.15) is 0 Å². The molecular weight excluding hydrogens is 393 g/mol. The molecule has 20 heavy (non-hydrogen) atoms. The Morgan fingerprint density at radius 3 is 2.45 bits per heavy atom. The molecule has 0 amide bonds. The average molecular weight is 406 g/mol. The van der Waals surface area contributed by atoms with Crippen LogP contribution >= 0.6 is 35.7 Å². The highest BCUT2D eigenvalue weighted by atomic mass is 127. The van der Waals surface area contributed by atoms with Crippen molar-refractivity contribution in [2.24, 2.45) is 10.7 Å². The average Bonchev–Trinajstić information content (AvgIpc) is 2.40. The Morgan fingerprint density at radius 1 is 1.10 bits per heavy atom. The molecule has 0 aliphatic heterocycles. The van der Waals surface area contributed by atoms with Gasteiger partial charge in [-0.3, -0.25) is 0 Å². The van der Waals surface area contributed by atoms with Crippen LogP contribution in [0.2, 0.25) is 0 Å². The number of nitrogens with zero attached hydrogens (tertiary/aromatic N) is 1. The second-order valence-electron chi connectivity index (χ2n) is 3.80. The smallest absolute Gasteiger partial charge is 0.158 e. The summed E-state index contributed by atoms with van der Waals surface area (Å²) in [5.74, 6) is -1.23. The van der Waals surface area contributed by atoms with E-state index in [1.54, 1.807) is 30.5 Å². The van der Waals surface area contributed by atoms with Crippen LogP contribution < -0.4 is 5.73 Å². The van der Waals surface area contributed by atoms with E-state index >= 15 is 0 Å². The first-order chi connectivity index (χ1) is 9.11. The van der Waals surface area contributed by atoms with Crippen LogP contribution in [0.15, 0.2) is 47.5 Å². The summed E-state index contributed by atoms with van der Waals surface area (Å²) in [7, 11) is 0. The van der Waals surface area contributed by atoms with Gasteiger partial charge in [-0.2, -0.15) is 0 Å². The minimum Gasteiger partial charge on any atom is -0.378 e. The number of halogens is 3. The first-order valence-corrected chi connectivity index (χ1v) is 6.77. The minimum atomic E-state index is -0.620. The molecule has 0 unspecified atom stereocenters. The van der Waals surface area contributed by atoms with Crippen molar-refractivity contribution in [3.8, 4) is 11.1 Å². The maximum atomic E-state index is 13.8. The zero-order valence-corrected chi connectivity index (χ0v) is 13.8. The molecule has 0 aromatic heterocycles. The molecule has 0 saturated heterocycles. The zero-order valence-electron chi connectivity index (χ0n) is 10.6. The minimum absolute atomic E-state index is 0. The molecule has 0 bridgehead atoms. The fourth-order valence-corrected chi connectivity index (χ4v) is 1.86. The summed E-state index contributed by atoms with van der Waals surface area (Å²) in [4.78, 5) is 4.21. The molecule has 2 aromatic rings. The lowest BCUT2D eigenvalue weighted by Gasteiger charge is -2.07. The predicted octanol–water partition coefficient (Wildman–Crippen LogP) is 4.56. The van der Waals surface area contributed by atoms with Crippen molar-refractivity contribution < 1.29 is 8.78 Å². The van der Waals surface area contributed by atoms with Crippen LogP contribution in [0, 0.1) is 11.6 Å². The zero-order chi connectivity index (χ0) is 13.8. The standard InChI is InChI=1S/C14H12F2N2S.HI/c1-19-14(17)18-13-5-3-2-4-11(13)10-7-6-9(15)8-12(10)16;/h2-8H,1H3,(H2,17,18);1H. The van der Waals surface area contributed by atoms with Crippen molar-refractivity contribution in [2.75, 3.05) is 6.26 Å². The molecule has 2 aromatic carbocycles.